The lowest BCUT2D eigenvalue weighted by molar-refractivity contribution is -0.122. The van der Waals surface area contributed by atoms with Gasteiger partial charge in [-0.1, -0.05) is 6.07 Å². The molecule has 4 heterocycles. The van der Waals surface area contributed by atoms with Crippen LogP contribution in [-0.4, -0.2) is 34.5 Å². The minimum atomic E-state index is 0.188. The number of pyridine rings is 1. The Kier molecular flexibility index (Phi) is 5.08. The first kappa shape index (κ1) is 16.7. The number of piperidine rings is 1. The van der Waals surface area contributed by atoms with Crippen molar-refractivity contribution in [1.82, 2.24) is 20.6 Å². The molecule has 2 aliphatic heterocycles. The van der Waals surface area contributed by atoms with Crippen LogP contribution in [0.4, 0.5) is 0 Å². The largest absolute Gasteiger partial charge is 0.356 e. The van der Waals surface area contributed by atoms with Gasteiger partial charge in [0.05, 0.1) is 16.4 Å². The van der Waals surface area contributed by atoms with Gasteiger partial charge in [0.2, 0.25) is 5.91 Å². The molecule has 2 fully saturated rings. The molecule has 4 rings (SSSR count). The summed E-state index contributed by atoms with van der Waals surface area (Å²) >= 11 is 1.63. The molecule has 0 aliphatic carbocycles. The third-order valence-electron chi connectivity index (χ3n) is 5.18. The summed E-state index contributed by atoms with van der Waals surface area (Å²) in [5, 5.41) is 9.77. The van der Waals surface area contributed by atoms with Crippen LogP contribution in [0.5, 0.6) is 0 Å². The van der Waals surface area contributed by atoms with Crippen molar-refractivity contribution in [3.8, 4) is 11.4 Å². The standard InChI is InChI=1S/C19H24N4OS/c24-18(11-13-9-14-4-5-15(10-13)22-14)21-8-6-19-23-17(12-25-19)16-3-1-2-7-20-16/h1-3,7,12-15,22H,4-6,8-11H2,(H,21,24). The van der Waals surface area contributed by atoms with Gasteiger partial charge in [0.25, 0.3) is 0 Å². The summed E-state index contributed by atoms with van der Waals surface area (Å²) < 4.78 is 0. The molecular formula is C19H24N4OS. The Morgan fingerprint density at radius 2 is 2.08 bits per heavy atom. The highest BCUT2D eigenvalue weighted by molar-refractivity contribution is 7.09. The van der Waals surface area contributed by atoms with Crippen LogP contribution in [0.15, 0.2) is 29.8 Å². The van der Waals surface area contributed by atoms with Crippen molar-refractivity contribution >= 4 is 17.2 Å². The maximum absolute atomic E-state index is 12.2. The molecule has 2 N–H and O–H groups in total. The lowest BCUT2D eigenvalue weighted by atomic mass is 9.89. The van der Waals surface area contributed by atoms with Crippen molar-refractivity contribution in [2.45, 2.75) is 50.6 Å². The molecule has 2 saturated heterocycles. The Labute approximate surface area is 152 Å². The van der Waals surface area contributed by atoms with E-state index in [0.717, 1.165) is 35.7 Å². The molecule has 2 aliphatic rings. The maximum atomic E-state index is 12.2. The van der Waals surface area contributed by atoms with Crippen molar-refractivity contribution < 1.29 is 4.79 Å². The van der Waals surface area contributed by atoms with Gasteiger partial charge in [-0.05, 0) is 43.7 Å². The van der Waals surface area contributed by atoms with Crippen LogP contribution >= 0.6 is 11.3 Å². The van der Waals surface area contributed by atoms with Crippen LogP contribution in [0.3, 0.4) is 0 Å². The second-order valence-electron chi connectivity index (χ2n) is 7.12. The zero-order valence-corrected chi connectivity index (χ0v) is 15.1. The number of rotatable bonds is 6. The highest BCUT2D eigenvalue weighted by Gasteiger charge is 2.34. The van der Waals surface area contributed by atoms with Gasteiger partial charge in [-0.25, -0.2) is 4.98 Å². The fourth-order valence-corrected chi connectivity index (χ4v) is 4.83. The van der Waals surface area contributed by atoms with Gasteiger partial charge in [0.15, 0.2) is 0 Å². The monoisotopic (exact) mass is 356 g/mol. The molecule has 5 nitrogen and oxygen atoms in total. The molecule has 0 spiro atoms. The third kappa shape index (κ3) is 4.25. The molecular weight excluding hydrogens is 332 g/mol. The number of fused-ring (bicyclic) bond motifs is 2. The van der Waals surface area contributed by atoms with E-state index in [9.17, 15) is 4.79 Å². The van der Waals surface area contributed by atoms with E-state index in [1.807, 2.05) is 23.6 Å². The lowest BCUT2D eigenvalue weighted by Gasteiger charge is -2.28. The van der Waals surface area contributed by atoms with Crippen molar-refractivity contribution in [3.63, 3.8) is 0 Å². The van der Waals surface area contributed by atoms with Crippen molar-refractivity contribution in [2.24, 2.45) is 5.92 Å². The van der Waals surface area contributed by atoms with Crippen LogP contribution in [0.25, 0.3) is 11.4 Å². The Balaban J connectivity index is 1.21. The second kappa shape index (κ2) is 7.62. The molecule has 2 bridgehead atoms. The first-order valence-corrected chi connectivity index (χ1v) is 10.0. The highest BCUT2D eigenvalue weighted by Crippen LogP contribution is 2.32. The maximum Gasteiger partial charge on any atom is 0.220 e. The lowest BCUT2D eigenvalue weighted by Crippen LogP contribution is -2.39. The smallest absolute Gasteiger partial charge is 0.220 e. The number of amides is 1. The average molecular weight is 356 g/mol. The van der Waals surface area contributed by atoms with E-state index < -0.39 is 0 Å². The minimum absolute atomic E-state index is 0.188. The molecule has 25 heavy (non-hydrogen) atoms. The number of hydrogen-bond donors (Lipinski definition) is 2. The number of aromatic nitrogens is 2. The number of nitrogens with one attached hydrogen (secondary N) is 2. The summed E-state index contributed by atoms with van der Waals surface area (Å²) in [6.45, 7) is 0.659. The average Bonchev–Trinajstić information content (AvgIpc) is 3.22. The SMILES string of the molecule is O=C(CC1CC2CCC(C1)N2)NCCc1nc(-c2ccccn2)cs1. The van der Waals surface area contributed by atoms with Crippen LogP contribution in [-0.2, 0) is 11.2 Å². The summed E-state index contributed by atoms with van der Waals surface area (Å²) in [5.41, 5.74) is 1.81. The molecule has 0 radical (unpaired) electrons. The zero-order chi connectivity index (χ0) is 17.1. The number of hydrogen-bond acceptors (Lipinski definition) is 5. The van der Waals surface area contributed by atoms with Gasteiger partial charge in [-0.15, -0.1) is 11.3 Å². The Morgan fingerprint density at radius 1 is 1.24 bits per heavy atom. The number of carbonyl (C=O) groups excluding carboxylic acids is 1. The normalized spacial score (nSPS) is 25.0. The van der Waals surface area contributed by atoms with Gasteiger partial charge >= 0.3 is 0 Å². The summed E-state index contributed by atoms with van der Waals surface area (Å²) in [6.07, 6.45) is 8.11. The molecule has 2 aromatic rings. The van der Waals surface area contributed by atoms with E-state index >= 15 is 0 Å². The fraction of sp³-hybridized carbons (Fsp3) is 0.526. The van der Waals surface area contributed by atoms with Crippen LogP contribution < -0.4 is 10.6 Å². The highest BCUT2D eigenvalue weighted by atomic mass is 32.1. The molecule has 0 saturated carbocycles. The van der Waals surface area contributed by atoms with Gasteiger partial charge in [0, 0.05) is 43.0 Å². The third-order valence-corrected chi connectivity index (χ3v) is 6.09. The topological polar surface area (TPSA) is 66.9 Å². The van der Waals surface area contributed by atoms with Crippen LogP contribution in [0.1, 0.15) is 37.1 Å². The summed E-state index contributed by atoms with van der Waals surface area (Å²) in [7, 11) is 0. The number of carbonyl (C=O) groups is 1. The molecule has 132 valence electrons. The fourth-order valence-electron chi connectivity index (χ4n) is 4.04. The number of nitrogens with zero attached hydrogens (tertiary/aromatic N) is 2. The Bertz CT molecular complexity index is 705. The van der Waals surface area contributed by atoms with E-state index in [1.165, 1.54) is 12.8 Å². The summed E-state index contributed by atoms with van der Waals surface area (Å²) in [5.74, 6) is 0.738. The molecule has 2 unspecified atom stereocenters. The van der Waals surface area contributed by atoms with Crippen molar-refractivity contribution in [1.29, 1.82) is 0 Å². The second-order valence-corrected chi connectivity index (χ2v) is 8.06. The van der Waals surface area contributed by atoms with E-state index in [-0.39, 0.29) is 5.91 Å². The van der Waals surface area contributed by atoms with E-state index in [2.05, 4.69) is 20.6 Å². The molecule has 2 aromatic heterocycles. The molecule has 6 heteroatoms. The Hall–Kier alpha value is -1.79. The first-order valence-electron chi connectivity index (χ1n) is 9.15. The van der Waals surface area contributed by atoms with Gasteiger partial charge in [-0.2, -0.15) is 0 Å². The summed E-state index contributed by atoms with van der Waals surface area (Å²) in [4.78, 5) is 21.1. The van der Waals surface area contributed by atoms with Gasteiger partial charge in [-0.3, -0.25) is 9.78 Å². The van der Waals surface area contributed by atoms with E-state index in [0.29, 0.717) is 31.0 Å². The summed E-state index contributed by atoms with van der Waals surface area (Å²) in [6, 6.07) is 7.13. The van der Waals surface area contributed by atoms with E-state index in [1.54, 1.807) is 17.5 Å². The zero-order valence-electron chi connectivity index (χ0n) is 14.3. The molecule has 0 aromatic carbocycles. The van der Waals surface area contributed by atoms with E-state index in [4.69, 9.17) is 0 Å². The number of thiazole rings is 1. The van der Waals surface area contributed by atoms with Gasteiger partial charge in [0.1, 0.15) is 0 Å². The predicted octanol–water partition coefficient (Wildman–Crippen LogP) is 2.78. The van der Waals surface area contributed by atoms with Crippen molar-refractivity contribution in [3.05, 3.63) is 34.8 Å². The van der Waals surface area contributed by atoms with Crippen LogP contribution in [0, 0.1) is 5.92 Å². The predicted molar refractivity (Wildman–Crippen MR) is 99.3 cm³/mol. The van der Waals surface area contributed by atoms with Crippen molar-refractivity contribution in [2.75, 3.05) is 6.54 Å². The first-order chi connectivity index (χ1) is 12.3. The molecule has 1 amide bonds. The van der Waals surface area contributed by atoms with Gasteiger partial charge < -0.3 is 10.6 Å². The van der Waals surface area contributed by atoms with Crippen LogP contribution in [0.2, 0.25) is 0 Å². The quantitative estimate of drug-likeness (QED) is 0.835. The molecule has 2 atom stereocenters. The minimum Gasteiger partial charge on any atom is -0.356 e. The Morgan fingerprint density at radius 3 is 2.84 bits per heavy atom.